The minimum absolute atomic E-state index is 0.263. The van der Waals surface area contributed by atoms with Crippen molar-refractivity contribution in [2.75, 3.05) is 5.32 Å². The fraction of sp³-hybridized carbons (Fsp3) is 0. The molecule has 0 amide bonds. The maximum absolute atomic E-state index is 13.1. The van der Waals surface area contributed by atoms with Crippen molar-refractivity contribution in [2.24, 2.45) is 0 Å². The predicted octanol–water partition coefficient (Wildman–Crippen LogP) is 4.28. The van der Waals surface area contributed by atoms with Crippen molar-refractivity contribution in [1.82, 2.24) is 14.4 Å². The van der Waals surface area contributed by atoms with Crippen molar-refractivity contribution in [2.45, 2.75) is 0 Å². The number of fused-ring (bicyclic) bond motifs is 1. The highest BCUT2D eigenvalue weighted by molar-refractivity contribution is 5.79. The second-order valence-corrected chi connectivity index (χ2v) is 5.11. The summed E-state index contributed by atoms with van der Waals surface area (Å²) in [5, 5.41) is 3.33. The molecule has 112 valence electrons. The van der Waals surface area contributed by atoms with Gasteiger partial charge >= 0.3 is 0 Å². The zero-order valence-electron chi connectivity index (χ0n) is 12.1. The first-order valence-electron chi connectivity index (χ1n) is 7.21. The van der Waals surface area contributed by atoms with E-state index in [2.05, 4.69) is 15.3 Å². The number of benzene rings is 2. The van der Waals surface area contributed by atoms with E-state index in [1.165, 1.54) is 12.1 Å². The van der Waals surface area contributed by atoms with Crippen LogP contribution in [-0.2, 0) is 0 Å². The highest BCUT2D eigenvalue weighted by Gasteiger charge is 2.14. The molecule has 0 spiro atoms. The number of halogens is 1. The monoisotopic (exact) mass is 304 g/mol. The van der Waals surface area contributed by atoms with Gasteiger partial charge in [0.2, 0.25) is 0 Å². The fourth-order valence-electron chi connectivity index (χ4n) is 2.49. The molecule has 0 saturated carbocycles. The van der Waals surface area contributed by atoms with Gasteiger partial charge in [0.25, 0.3) is 0 Å². The van der Waals surface area contributed by atoms with E-state index in [4.69, 9.17) is 0 Å². The molecule has 4 rings (SSSR count). The van der Waals surface area contributed by atoms with Gasteiger partial charge in [0.1, 0.15) is 17.3 Å². The van der Waals surface area contributed by atoms with Gasteiger partial charge in [-0.1, -0.05) is 30.3 Å². The first-order valence-corrected chi connectivity index (χ1v) is 7.21. The minimum atomic E-state index is -0.263. The molecule has 5 heteroatoms. The van der Waals surface area contributed by atoms with E-state index in [0.717, 1.165) is 28.4 Å². The van der Waals surface area contributed by atoms with Crippen LogP contribution in [0.3, 0.4) is 0 Å². The van der Waals surface area contributed by atoms with Crippen molar-refractivity contribution in [3.8, 4) is 11.3 Å². The van der Waals surface area contributed by atoms with Crippen molar-refractivity contribution in [3.63, 3.8) is 0 Å². The molecule has 0 aliphatic carbocycles. The smallest absolute Gasteiger partial charge is 0.157 e. The quantitative estimate of drug-likeness (QED) is 0.614. The van der Waals surface area contributed by atoms with Crippen LogP contribution in [-0.4, -0.2) is 14.4 Å². The molecule has 0 atom stereocenters. The zero-order chi connectivity index (χ0) is 15.6. The Hall–Kier alpha value is -3.21. The summed E-state index contributed by atoms with van der Waals surface area (Å²) < 4.78 is 15.0. The second-order valence-electron chi connectivity index (χ2n) is 5.11. The van der Waals surface area contributed by atoms with E-state index >= 15 is 0 Å². The van der Waals surface area contributed by atoms with Gasteiger partial charge in [0, 0.05) is 23.6 Å². The van der Waals surface area contributed by atoms with Gasteiger partial charge in [-0.2, -0.15) is 0 Å². The Morgan fingerprint density at radius 3 is 2.52 bits per heavy atom. The molecular formula is C18H13FN4. The van der Waals surface area contributed by atoms with Gasteiger partial charge in [-0.25, -0.2) is 9.37 Å². The first-order chi connectivity index (χ1) is 11.3. The van der Waals surface area contributed by atoms with Gasteiger partial charge in [-0.05, 0) is 24.3 Å². The van der Waals surface area contributed by atoms with Crippen LogP contribution in [0, 0.1) is 5.82 Å². The molecule has 0 radical (unpaired) electrons. The van der Waals surface area contributed by atoms with Crippen LogP contribution in [0.25, 0.3) is 16.9 Å². The van der Waals surface area contributed by atoms with E-state index in [1.54, 1.807) is 24.5 Å². The third-order valence-corrected chi connectivity index (χ3v) is 3.58. The summed E-state index contributed by atoms with van der Waals surface area (Å²) in [6.07, 6.45) is 5.27. The third-order valence-electron chi connectivity index (χ3n) is 3.58. The molecule has 23 heavy (non-hydrogen) atoms. The lowest BCUT2D eigenvalue weighted by Gasteiger charge is -2.08. The molecule has 0 unspecified atom stereocenters. The van der Waals surface area contributed by atoms with Crippen LogP contribution in [0.2, 0.25) is 0 Å². The number of hydrogen-bond donors (Lipinski definition) is 1. The van der Waals surface area contributed by atoms with Crippen LogP contribution in [0.4, 0.5) is 15.9 Å². The molecule has 0 aliphatic heterocycles. The average molecular weight is 304 g/mol. The van der Waals surface area contributed by atoms with Crippen LogP contribution < -0.4 is 5.32 Å². The lowest BCUT2D eigenvalue weighted by molar-refractivity contribution is 0.628. The van der Waals surface area contributed by atoms with E-state index in [-0.39, 0.29) is 5.82 Å². The molecule has 0 bridgehead atoms. The molecule has 1 N–H and O–H groups in total. The van der Waals surface area contributed by atoms with Crippen molar-refractivity contribution >= 4 is 17.2 Å². The molecule has 0 aliphatic rings. The average Bonchev–Trinajstić information content (AvgIpc) is 2.96. The van der Waals surface area contributed by atoms with Crippen LogP contribution >= 0.6 is 0 Å². The molecule has 4 aromatic rings. The minimum Gasteiger partial charge on any atom is -0.339 e. The van der Waals surface area contributed by atoms with Gasteiger partial charge in [0.15, 0.2) is 5.65 Å². The Bertz CT molecular complexity index is 946. The van der Waals surface area contributed by atoms with E-state index in [0.29, 0.717) is 0 Å². The first kappa shape index (κ1) is 13.5. The molecule has 2 aromatic carbocycles. The summed E-state index contributed by atoms with van der Waals surface area (Å²) in [6, 6.07) is 16.2. The third kappa shape index (κ3) is 2.53. The summed E-state index contributed by atoms with van der Waals surface area (Å²) in [6.45, 7) is 0. The normalized spacial score (nSPS) is 10.8. The second kappa shape index (κ2) is 5.53. The molecule has 2 aromatic heterocycles. The van der Waals surface area contributed by atoms with E-state index < -0.39 is 0 Å². The van der Waals surface area contributed by atoms with E-state index in [9.17, 15) is 4.39 Å². The summed E-state index contributed by atoms with van der Waals surface area (Å²) in [5.41, 5.74) is 3.36. The van der Waals surface area contributed by atoms with Gasteiger partial charge in [-0.15, -0.1) is 0 Å². The lowest BCUT2D eigenvalue weighted by Crippen LogP contribution is -1.97. The molecule has 4 nitrogen and oxygen atoms in total. The summed E-state index contributed by atoms with van der Waals surface area (Å²) in [5.74, 6) is 0.557. The SMILES string of the molecule is Fc1ccc(Nc2c(-c3ccccc3)nc3cnccn23)cc1. The number of nitrogens with one attached hydrogen (secondary N) is 1. The highest BCUT2D eigenvalue weighted by atomic mass is 19.1. The highest BCUT2D eigenvalue weighted by Crippen LogP contribution is 2.30. The number of nitrogens with zero attached hydrogens (tertiary/aromatic N) is 3. The Kier molecular flexibility index (Phi) is 3.24. The Labute approximate surface area is 132 Å². The van der Waals surface area contributed by atoms with Crippen LogP contribution in [0.15, 0.2) is 73.2 Å². The Morgan fingerprint density at radius 2 is 1.74 bits per heavy atom. The summed E-state index contributed by atoms with van der Waals surface area (Å²) >= 11 is 0. The van der Waals surface area contributed by atoms with Crippen LogP contribution in [0.5, 0.6) is 0 Å². The maximum Gasteiger partial charge on any atom is 0.157 e. The fourth-order valence-corrected chi connectivity index (χ4v) is 2.49. The van der Waals surface area contributed by atoms with Crippen molar-refractivity contribution in [1.29, 1.82) is 0 Å². The van der Waals surface area contributed by atoms with Crippen molar-refractivity contribution in [3.05, 3.63) is 79.0 Å². The lowest BCUT2D eigenvalue weighted by atomic mass is 10.1. The largest absolute Gasteiger partial charge is 0.339 e. The number of aromatic nitrogens is 3. The standard InChI is InChI=1S/C18H13FN4/c19-14-6-8-15(9-7-14)21-18-17(13-4-2-1-3-5-13)22-16-12-20-10-11-23(16)18/h1-12,21H. The number of imidazole rings is 1. The Balaban J connectivity index is 1.87. The van der Waals surface area contributed by atoms with Crippen LogP contribution in [0.1, 0.15) is 0 Å². The molecule has 2 heterocycles. The van der Waals surface area contributed by atoms with Gasteiger partial charge < -0.3 is 5.32 Å². The van der Waals surface area contributed by atoms with E-state index in [1.807, 2.05) is 40.9 Å². The summed E-state index contributed by atoms with van der Waals surface area (Å²) in [4.78, 5) is 8.78. The molecule has 0 saturated heterocycles. The number of hydrogen-bond acceptors (Lipinski definition) is 3. The zero-order valence-corrected chi connectivity index (χ0v) is 12.1. The van der Waals surface area contributed by atoms with Gasteiger partial charge in [0.05, 0.1) is 6.20 Å². The molecule has 0 fully saturated rings. The summed E-state index contributed by atoms with van der Waals surface area (Å²) in [7, 11) is 0. The predicted molar refractivity (Wildman–Crippen MR) is 88.1 cm³/mol. The van der Waals surface area contributed by atoms with Gasteiger partial charge in [-0.3, -0.25) is 9.38 Å². The molecular weight excluding hydrogens is 291 g/mol. The Morgan fingerprint density at radius 1 is 0.957 bits per heavy atom. The van der Waals surface area contributed by atoms with Crippen molar-refractivity contribution < 1.29 is 4.39 Å². The number of anilines is 2. The topological polar surface area (TPSA) is 42.2 Å². The maximum atomic E-state index is 13.1. The number of rotatable bonds is 3.